The number of thiazole rings is 1. The number of aryl methyl sites for hydroxylation is 1. The Hall–Kier alpha value is -1.59. The number of hydrogen-bond acceptors (Lipinski definition) is 5. The molecule has 100 valence electrons. The third-order valence-electron chi connectivity index (χ3n) is 3.17. The summed E-state index contributed by atoms with van der Waals surface area (Å²) >= 11 is 1.72. The predicted molar refractivity (Wildman–Crippen MR) is 74.8 cm³/mol. The van der Waals surface area contributed by atoms with E-state index in [9.17, 15) is 0 Å². The first-order chi connectivity index (χ1) is 9.34. The van der Waals surface area contributed by atoms with E-state index in [-0.39, 0.29) is 0 Å². The Morgan fingerprint density at radius 1 is 1.37 bits per heavy atom. The van der Waals surface area contributed by atoms with Gasteiger partial charge in [-0.2, -0.15) is 0 Å². The maximum absolute atomic E-state index is 5.48. The number of benzene rings is 1. The lowest BCUT2D eigenvalue weighted by molar-refractivity contribution is 0.173. The lowest BCUT2D eigenvalue weighted by Crippen LogP contribution is -2.16. The number of hydrogen-bond donors (Lipinski definition) is 1. The van der Waals surface area contributed by atoms with Crippen molar-refractivity contribution in [1.82, 2.24) is 10.3 Å². The summed E-state index contributed by atoms with van der Waals surface area (Å²) in [5.41, 5.74) is 4.19. The molecule has 2 heterocycles. The van der Waals surface area contributed by atoms with Gasteiger partial charge in [-0.1, -0.05) is 12.1 Å². The van der Waals surface area contributed by atoms with Gasteiger partial charge in [0.25, 0.3) is 0 Å². The van der Waals surface area contributed by atoms with Crippen LogP contribution in [0.5, 0.6) is 11.5 Å². The van der Waals surface area contributed by atoms with Crippen molar-refractivity contribution in [3.63, 3.8) is 0 Å². The van der Waals surface area contributed by atoms with E-state index in [2.05, 4.69) is 23.3 Å². The van der Waals surface area contributed by atoms with Crippen LogP contribution in [0.1, 0.15) is 16.1 Å². The minimum atomic E-state index is 0.326. The minimum absolute atomic E-state index is 0.326. The maximum atomic E-state index is 5.48. The van der Waals surface area contributed by atoms with Gasteiger partial charge in [0.15, 0.2) is 11.5 Å². The average molecular weight is 276 g/mol. The van der Waals surface area contributed by atoms with Crippen LogP contribution in [0, 0.1) is 6.92 Å². The van der Waals surface area contributed by atoms with E-state index in [1.807, 2.05) is 17.6 Å². The zero-order valence-corrected chi connectivity index (χ0v) is 11.6. The molecule has 5 heteroatoms. The van der Waals surface area contributed by atoms with Crippen molar-refractivity contribution in [3.8, 4) is 11.5 Å². The summed E-state index contributed by atoms with van der Waals surface area (Å²) in [4.78, 5) is 5.61. The topological polar surface area (TPSA) is 43.4 Å². The van der Waals surface area contributed by atoms with Gasteiger partial charge in [0.1, 0.15) is 0 Å². The van der Waals surface area contributed by atoms with Gasteiger partial charge in [0.2, 0.25) is 6.79 Å². The molecule has 0 saturated heterocycles. The Labute approximate surface area is 116 Å². The summed E-state index contributed by atoms with van der Waals surface area (Å²) in [6.07, 6.45) is 1.02. The van der Waals surface area contributed by atoms with Crippen LogP contribution < -0.4 is 14.8 Å². The minimum Gasteiger partial charge on any atom is -0.454 e. The summed E-state index contributed by atoms with van der Waals surface area (Å²) < 4.78 is 10.8. The molecule has 1 N–H and O–H groups in total. The standard InChI is InChI=1S/C14H16N2O2S/c1-10-13(19-8-16-10)5-6-15-7-11-3-2-4-12-14(11)18-9-17-12/h2-4,8,15H,5-7,9H2,1H3. The molecule has 1 aromatic heterocycles. The van der Waals surface area contributed by atoms with E-state index in [0.717, 1.165) is 42.3 Å². The highest BCUT2D eigenvalue weighted by atomic mass is 32.1. The third-order valence-corrected chi connectivity index (χ3v) is 4.16. The van der Waals surface area contributed by atoms with E-state index >= 15 is 0 Å². The van der Waals surface area contributed by atoms with Crippen molar-refractivity contribution in [2.45, 2.75) is 19.9 Å². The van der Waals surface area contributed by atoms with Gasteiger partial charge >= 0.3 is 0 Å². The Bertz CT molecular complexity index is 568. The summed E-state index contributed by atoms with van der Waals surface area (Å²) in [5.74, 6) is 1.72. The highest BCUT2D eigenvalue weighted by Crippen LogP contribution is 2.35. The Morgan fingerprint density at radius 3 is 3.16 bits per heavy atom. The van der Waals surface area contributed by atoms with Gasteiger partial charge in [-0.25, -0.2) is 4.98 Å². The van der Waals surface area contributed by atoms with Crippen molar-refractivity contribution < 1.29 is 9.47 Å². The molecule has 0 radical (unpaired) electrons. The van der Waals surface area contributed by atoms with Crippen molar-refractivity contribution in [3.05, 3.63) is 39.8 Å². The molecule has 2 aromatic rings. The molecule has 0 aliphatic carbocycles. The van der Waals surface area contributed by atoms with Crippen molar-refractivity contribution in [2.75, 3.05) is 13.3 Å². The number of fused-ring (bicyclic) bond motifs is 1. The molecule has 0 saturated carbocycles. The monoisotopic (exact) mass is 276 g/mol. The molecule has 1 aliphatic rings. The highest BCUT2D eigenvalue weighted by molar-refractivity contribution is 7.09. The quantitative estimate of drug-likeness (QED) is 0.852. The fourth-order valence-electron chi connectivity index (χ4n) is 2.12. The lowest BCUT2D eigenvalue weighted by atomic mass is 10.2. The molecule has 4 nitrogen and oxygen atoms in total. The highest BCUT2D eigenvalue weighted by Gasteiger charge is 2.16. The smallest absolute Gasteiger partial charge is 0.231 e. The van der Waals surface area contributed by atoms with Crippen LogP contribution in [0.2, 0.25) is 0 Å². The van der Waals surface area contributed by atoms with Crippen molar-refractivity contribution in [2.24, 2.45) is 0 Å². The zero-order chi connectivity index (χ0) is 13.1. The SMILES string of the molecule is Cc1ncsc1CCNCc1cccc2c1OCO2. The summed E-state index contributed by atoms with van der Waals surface area (Å²) in [6, 6.07) is 6.00. The third kappa shape index (κ3) is 2.72. The largest absolute Gasteiger partial charge is 0.454 e. The normalized spacial score (nSPS) is 12.9. The first-order valence-corrected chi connectivity index (χ1v) is 7.20. The van der Waals surface area contributed by atoms with Crippen LogP contribution in [-0.4, -0.2) is 18.3 Å². The summed E-state index contributed by atoms with van der Waals surface area (Å²) in [7, 11) is 0. The summed E-state index contributed by atoms with van der Waals surface area (Å²) in [6.45, 7) is 4.12. The Balaban J connectivity index is 1.53. The van der Waals surface area contributed by atoms with Crippen LogP contribution in [0.3, 0.4) is 0 Å². The molecule has 0 unspecified atom stereocenters. The second kappa shape index (κ2) is 5.59. The first-order valence-electron chi connectivity index (χ1n) is 6.32. The van der Waals surface area contributed by atoms with Crippen molar-refractivity contribution in [1.29, 1.82) is 0 Å². The molecule has 19 heavy (non-hydrogen) atoms. The van der Waals surface area contributed by atoms with Crippen molar-refractivity contribution >= 4 is 11.3 Å². The van der Waals surface area contributed by atoms with Gasteiger partial charge in [-0.3, -0.25) is 0 Å². The molecule has 3 rings (SSSR count). The van der Waals surface area contributed by atoms with E-state index in [1.165, 1.54) is 4.88 Å². The Kier molecular flexibility index (Phi) is 3.66. The molecule has 0 fully saturated rings. The van der Waals surface area contributed by atoms with Gasteiger partial charge < -0.3 is 14.8 Å². The summed E-state index contributed by atoms with van der Waals surface area (Å²) in [5, 5.41) is 3.44. The second-order valence-electron chi connectivity index (χ2n) is 4.44. The van der Waals surface area contributed by atoms with Gasteiger partial charge in [-0.15, -0.1) is 11.3 Å². The van der Waals surface area contributed by atoms with E-state index in [4.69, 9.17) is 9.47 Å². The van der Waals surface area contributed by atoms with Crippen LogP contribution in [-0.2, 0) is 13.0 Å². The predicted octanol–water partition coefficient (Wildman–Crippen LogP) is 2.51. The fourth-order valence-corrected chi connectivity index (χ4v) is 2.90. The first kappa shape index (κ1) is 12.4. The molecule has 0 atom stereocenters. The van der Waals surface area contributed by atoms with E-state index in [1.54, 1.807) is 11.3 Å². The Morgan fingerprint density at radius 2 is 2.32 bits per heavy atom. The van der Waals surface area contributed by atoms with Gasteiger partial charge in [0.05, 0.1) is 11.2 Å². The van der Waals surface area contributed by atoms with Gasteiger partial charge in [-0.05, 0) is 19.4 Å². The maximum Gasteiger partial charge on any atom is 0.231 e. The molecule has 0 bridgehead atoms. The van der Waals surface area contributed by atoms with E-state index in [0.29, 0.717) is 6.79 Å². The fraction of sp³-hybridized carbons (Fsp3) is 0.357. The van der Waals surface area contributed by atoms with Crippen LogP contribution in [0.25, 0.3) is 0 Å². The number of rotatable bonds is 5. The van der Waals surface area contributed by atoms with Crippen LogP contribution in [0.15, 0.2) is 23.7 Å². The molecule has 1 aliphatic heterocycles. The zero-order valence-electron chi connectivity index (χ0n) is 10.8. The molecular formula is C14H16N2O2S. The number of aromatic nitrogens is 1. The average Bonchev–Trinajstić information content (AvgIpc) is 3.04. The number of para-hydroxylation sites is 1. The number of ether oxygens (including phenoxy) is 2. The molecule has 0 amide bonds. The van der Waals surface area contributed by atoms with Gasteiger partial charge in [0, 0.05) is 23.5 Å². The van der Waals surface area contributed by atoms with Crippen LogP contribution >= 0.6 is 11.3 Å². The molecule has 0 spiro atoms. The molecular weight excluding hydrogens is 260 g/mol. The molecule has 1 aromatic carbocycles. The van der Waals surface area contributed by atoms with E-state index < -0.39 is 0 Å². The number of nitrogens with zero attached hydrogens (tertiary/aromatic N) is 1. The number of nitrogens with one attached hydrogen (secondary N) is 1. The lowest BCUT2D eigenvalue weighted by Gasteiger charge is -2.07. The van der Waals surface area contributed by atoms with Crippen LogP contribution in [0.4, 0.5) is 0 Å². The second-order valence-corrected chi connectivity index (χ2v) is 5.38.